The Kier molecular flexibility index (Phi) is 4.00. The second-order valence-electron chi connectivity index (χ2n) is 5.54. The van der Waals surface area contributed by atoms with E-state index in [0.29, 0.717) is 11.6 Å². The van der Waals surface area contributed by atoms with Crippen LogP contribution < -0.4 is 4.57 Å². The molecule has 1 aliphatic rings. The highest BCUT2D eigenvalue weighted by Crippen LogP contribution is 2.25. The Morgan fingerprint density at radius 1 is 1.00 bits per heavy atom. The van der Waals surface area contributed by atoms with E-state index in [1.54, 1.807) is 12.1 Å². The van der Waals surface area contributed by atoms with Crippen LogP contribution in [-0.4, -0.2) is 13.1 Å². The van der Waals surface area contributed by atoms with E-state index in [1.807, 2.05) is 12.1 Å². The normalized spacial score (nSPS) is 15.1. The maximum atomic E-state index is 11.4. The van der Waals surface area contributed by atoms with Crippen molar-refractivity contribution in [1.82, 2.24) is 0 Å². The maximum Gasteiger partial charge on any atom is 0.337 e. The van der Waals surface area contributed by atoms with Crippen LogP contribution in [0.1, 0.15) is 42.1 Å². The van der Waals surface area contributed by atoms with E-state index < -0.39 is 0 Å². The van der Waals surface area contributed by atoms with Gasteiger partial charge in [-0.05, 0) is 36.1 Å². The minimum absolute atomic E-state index is 0.298. The zero-order chi connectivity index (χ0) is 14.7. The SMILES string of the molecule is COC(=O)c1ccc(-c2cc[n+](C3CCCC3)cc2)cc1. The Labute approximate surface area is 125 Å². The molecule has 2 aromatic rings. The van der Waals surface area contributed by atoms with E-state index in [-0.39, 0.29) is 5.97 Å². The van der Waals surface area contributed by atoms with Gasteiger partial charge in [-0.1, -0.05) is 12.1 Å². The second-order valence-corrected chi connectivity index (χ2v) is 5.54. The number of rotatable bonds is 3. The van der Waals surface area contributed by atoms with Crippen LogP contribution in [0.2, 0.25) is 0 Å². The van der Waals surface area contributed by atoms with Gasteiger partial charge in [0, 0.05) is 25.0 Å². The molecule has 3 nitrogen and oxygen atoms in total. The highest BCUT2D eigenvalue weighted by molar-refractivity contribution is 5.89. The van der Waals surface area contributed by atoms with Crippen molar-refractivity contribution in [3.05, 3.63) is 54.4 Å². The topological polar surface area (TPSA) is 30.2 Å². The van der Waals surface area contributed by atoms with Gasteiger partial charge in [0.2, 0.25) is 0 Å². The molecule has 3 heteroatoms. The van der Waals surface area contributed by atoms with Gasteiger partial charge in [-0.25, -0.2) is 9.36 Å². The monoisotopic (exact) mass is 282 g/mol. The Hall–Kier alpha value is -2.16. The molecule has 0 bridgehead atoms. The number of hydrogen-bond donors (Lipinski definition) is 0. The van der Waals surface area contributed by atoms with Crippen LogP contribution in [-0.2, 0) is 4.74 Å². The molecule has 0 radical (unpaired) electrons. The molecule has 21 heavy (non-hydrogen) atoms. The molecule has 1 heterocycles. The number of methoxy groups -OCH3 is 1. The number of aromatic nitrogens is 1. The van der Waals surface area contributed by atoms with Gasteiger partial charge in [-0.15, -0.1) is 0 Å². The fourth-order valence-corrected chi connectivity index (χ4v) is 2.99. The van der Waals surface area contributed by atoms with E-state index in [2.05, 4.69) is 29.1 Å². The lowest BCUT2D eigenvalue weighted by Gasteiger charge is -2.06. The van der Waals surface area contributed by atoms with Gasteiger partial charge in [-0.2, -0.15) is 0 Å². The third-order valence-corrected chi connectivity index (χ3v) is 4.24. The summed E-state index contributed by atoms with van der Waals surface area (Å²) in [5.74, 6) is -0.298. The Morgan fingerprint density at radius 2 is 1.57 bits per heavy atom. The van der Waals surface area contributed by atoms with Crippen LogP contribution >= 0.6 is 0 Å². The molecule has 3 rings (SSSR count). The molecule has 1 aliphatic carbocycles. The third kappa shape index (κ3) is 2.97. The number of pyridine rings is 1. The molecule has 0 amide bonds. The zero-order valence-electron chi connectivity index (χ0n) is 12.3. The highest BCUT2D eigenvalue weighted by atomic mass is 16.5. The minimum Gasteiger partial charge on any atom is -0.465 e. The number of ether oxygens (including phenoxy) is 1. The summed E-state index contributed by atoms with van der Waals surface area (Å²) in [6.45, 7) is 0. The molecule has 0 spiro atoms. The van der Waals surface area contributed by atoms with E-state index in [4.69, 9.17) is 4.74 Å². The van der Waals surface area contributed by atoms with Gasteiger partial charge in [0.05, 0.1) is 12.7 Å². The highest BCUT2D eigenvalue weighted by Gasteiger charge is 2.22. The summed E-state index contributed by atoms with van der Waals surface area (Å²) in [7, 11) is 1.40. The first kappa shape index (κ1) is 13.8. The smallest absolute Gasteiger partial charge is 0.337 e. The Bertz CT molecular complexity index is 611. The van der Waals surface area contributed by atoms with Crippen molar-refractivity contribution in [1.29, 1.82) is 0 Å². The molecule has 0 unspecified atom stereocenters. The Balaban J connectivity index is 1.78. The van der Waals surface area contributed by atoms with Gasteiger partial charge < -0.3 is 4.74 Å². The van der Waals surface area contributed by atoms with E-state index in [0.717, 1.165) is 5.56 Å². The summed E-state index contributed by atoms with van der Waals surface area (Å²) in [5.41, 5.74) is 2.86. The first-order chi connectivity index (χ1) is 10.3. The predicted molar refractivity (Wildman–Crippen MR) is 80.9 cm³/mol. The molecular weight excluding hydrogens is 262 g/mol. The maximum absolute atomic E-state index is 11.4. The van der Waals surface area contributed by atoms with Crippen molar-refractivity contribution < 1.29 is 14.1 Å². The summed E-state index contributed by atoms with van der Waals surface area (Å²) in [4.78, 5) is 11.4. The summed E-state index contributed by atoms with van der Waals surface area (Å²) in [6, 6.07) is 12.5. The molecule has 0 aliphatic heterocycles. The quantitative estimate of drug-likeness (QED) is 0.636. The summed E-state index contributed by atoms with van der Waals surface area (Å²) >= 11 is 0. The van der Waals surface area contributed by atoms with Gasteiger partial charge >= 0.3 is 5.97 Å². The third-order valence-electron chi connectivity index (χ3n) is 4.24. The first-order valence-corrected chi connectivity index (χ1v) is 7.47. The molecule has 0 atom stereocenters. The van der Waals surface area contributed by atoms with E-state index >= 15 is 0 Å². The van der Waals surface area contributed by atoms with Crippen LogP contribution in [0, 0.1) is 0 Å². The minimum atomic E-state index is -0.298. The van der Waals surface area contributed by atoms with Crippen molar-refractivity contribution in [3.63, 3.8) is 0 Å². The molecule has 1 saturated carbocycles. The van der Waals surface area contributed by atoms with Crippen LogP contribution in [0.25, 0.3) is 11.1 Å². The van der Waals surface area contributed by atoms with E-state index in [9.17, 15) is 4.79 Å². The predicted octanol–water partition coefficient (Wildman–Crippen LogP) is 3.54. The van der Waals surface area contributed by atoms with Gasteiger partial charge in [0.15, 0.2) is 18.4 Å². The fourth-order valence-electron chi connectivity index (χ4n) is 2.99. The lowest BCUT2D eigenvalue weighted by Crippen LogP contribution is -2.36. The molecule has 1 aromatic carbocycles. The number of carbonyl (C=O) groups excluding carboxylic acids is 1. The summed E-state index contributed by atoms with van der Waals surface area (Å²) in [5, 5.41) is 0. The van der Waals surface area contributed by atoms with Gasteiger partial charge in [-0.3, -0.25) is 0 Å². The molecule has 1 fully saturated rings. The summed E-state index contributed by atoms with van der Waals surface area (Å²) in [6.07, 6.45) is 9.59. The van der Waals surface area contributed by atoms with Crippen molar-refractivity contribution in [2.45, 2.75) is 31.7 Å². The van der Waals surface area contributed by atoms with Crippen LogP contribution in [0.3, 0.4) is 0 Å². The van der Waals surface area contributed by atoms with Crippen molar-refractivity contribution in [2.24, 2.45) is 0 Å². The van der Waals surface area contributed by atoms with Crippen molar-refractivity contribution in [3.8, 4) is 11.1 Å². The van der Waals surface area contributed by atoms with Crippen molar-refractivity contribution in [2.75, 3.05) is 7.11 Å². The molecule has 108 valence electrons. The molecule has 0 saturated heterocycles. The molecular formula is C18H20NO2+. The average Bonchev–Trinajstić information content (AvgIpc) is 3.09. The van der Waals surface area contributed by atoms with Gasteiger partial charge in [0.25, 0.3) is 0 Å². The summed E-state index contributed by atoms with van der Waals surface area (Å²) < 4.78 is 7.03. The number of carbonyl (C=O) groups is 1. The number of hydrogen-bond acceptors (Lipinski definition) is 2. The zero-order valence-corrected chi connectivity index (χ0v) is 12.3. The fraction of sp³-hybridized carbons (Fsp3) is 0.333. The standard InChI is InChI=1S/C18H20NO2/c1-21-18(20)16-8-6-14(7-9-16)15-10-12-19(13-11-15)17-4-2-3-5-17/h6-13,17H,2-5H2,1H3/q+1. The number of nitrogens with zero attached hydrogens (tertiary/aromatic N) is 1. The van der Waals surface area contributed by atoms with Gasteiger partial charge in [0.1, 0.15) is 0 Å². The van der Waals surface area contributed by atoms with Crippen LogP contribution in [0.5, 0.6) is 0 Å². The average molecular weight is 282 g/mol. The Morgan fingerprint density at radius 3 is 2.14 bits per heavy atom. The van der Waals surface area contributed by atoms with Crippen molar-refractivity contribution >= 4 is 5.97 Å². The van der Waals surface area contributed by atoms with Crippen LogP contribution in [0.4, 0.5) is 0 Å². The molecule has 0 N–H and O–H groups in total. The lowest BCUT2D eigenvalue weighted by atomic mass is 10.0. The number of esters is 1. The first-order valence-electron chi connectivity index (χ1n) is 7.47. The van der Waals surface area contributed by atoms with Crippen LogP contribution in [0.15, 0.2) is 48.8 Å². The largest absolute Gasteiger partial charge is 0.465 e. The van der Waals surface area contributed by atoms with E-state index in [1.165, 1.54) is 38.4 Å². The lowest BCUT2D eigenvalue weighted by molar-refractivity contribution is -0.721. The molecule has 1 aromatic heterocycles. The second kappa shape index (κ2) is 6.08. The number of benzene rings is 1.